The van der Waals surface area contributed by atoms with Gasteiger partial charge in [0.25, 0.3) is 0 Å². The van der Waals surface area contributed by atoms with Gasteiger partial charge in [-0.1, -0.05) is 108 Å². The van der Waals surface area contributed by atoms with E-state index in [9.17, 15) is 0 Å². The van der Waals surface area contributed by atoms with E-state index in [1.807, 2.05) is 25.3 Å². The predicted molar refractivity (Wildman–Crippen MR) is 179 cm³/mol. The molecule has 0 amide bonds. The highest BCUT2D eigenvalue weighted by atomic mass is 35.5. The molecule has 3 rings (SSSR count). The number of benzene rings is 3. The molecule has 0 saturated carbocycles. The molecule has 1 unspecified atom stereocenters. The average Bonchev–Trinajstić information content (AvgIpc) is 2.94. The van der Waals surface area contributed by atoms with Crippen molar-refractivity contribution in [3.8, 4) is 0 Å². The lowest BCUT2D eigenvalue weighted by Crippen LogP contribution is -2.27. The third kappa shape index (κ3) is 13.5. The predicted octanol–water partition coefficient (Wildman–Crippen LogP) is 9.87. The number of allylic oxidation sites excluding steroid dienone is 1. The Morgan fingerprint density at radius 3 is 2.00 bits per heavy atom. The Labute approximate surface area is 250 Å². The standard InChI is InChI=1S/C20H27ClN2.C12H16O.C4H10/c1-5-6-15-13-18(22-4)11-12-19(15)23-14-20(2,3)16-7-9-17(21)10-8-16;1-3-4-11-5-7-12(8-6-11)9-10(2)13;1-3-4-2/h7-13,22-23H,5-6,14H2,1-4H3;3,5-8,10,13H,1,4,9H2,2H3;3-4H2,1-2H3. The SMILES string of the molecule is C=CCc1ccc(CC(C)O)cc1.CCCC.CCCc1cc(NC)ccc1NCC(C)(C)c1ccc(Cl)cc1. The van der Waals surface area contributed by atoms with E-state index < -0.39 is 0 Å². The quantitative estimate of drug-likeness (QED) is 0.192. The number of unbranched alkanes of at least 4 members (excludes halogenated alkanes) is 1. The van der Waals surface area contributed by atoms with Gasteiger partial charge >= 0.3 is 0 Å². The first-order valence-corrected chi connectivity index (χ1v) is 15.1. The van der Waals surface area contributed by atoms with Gasteiger partial charge in [0.15, 0.2) is 0 Å². The summed E-state index contributed by atoms with van der Waals surface area (Å²) in [6.45, 7) is 17.5. The molecule has 1 atom stereocenters. The van der Waals surface area contributed by atoms with Crippen LogP contribution < -0.4 is 10.6 Å². The molecule has 0 bridgehead atoms. The Kier molecular flexibility index (Phi) is 17.1. The molecule has 4 heteroatoms. The summed E-state index contributed by atoms with van der Waals surface area (Å²) in [5.74, 6) is 0. The molecule has 0 fully saturated rings. The Bertz CT molecular complexity index is 1090. The van der Waals surface area contributed by atoms with Crippen LogP contribution in [0.4, 0.5) is 11.4 Å². The van der Waals surface area contributed by atoms with Gasteiger partial charge < -0.3 is 15.7 Å². The summed E-state index contributed by atoms with van der Waals surface area (Å²) in [6.07, 6.45) is 8.14. The Morgan fingerprint density at radius 1 is 0.900 bits per heavy atom. The van der Waals surface area contributed by atoms with Crippen LogP contribution in [0.1, 0.15) is 83.1 Å². The number of aliphatic hydroxyl groups is 1. The van der Waals surface area contributed by atoms with Gasteiger partial charge in [-0.05, 0) is 78.8 Å². The molecule has 0 heterocycles. The molecule has 0 aliphatic rings. The van der Waals surface area contributed by atoms with E-state index in [1.165, 1.54) is 40.8 Å². The summed E-state index contributed by atoms with van der Waals surface area (Å²) in [5.41, 5.74) is 7.54. The lowest BCUT2D eigenvalue weighted by molar-refractivity contribution is 0.195. The fourth-order valence-corrected chi connectivity index (χ4v) is 4.16. The van der Waals surface area contributed by atoms with Gasteiger partial charge in [0.2, 0.25) is 0 Å². The minimum absolute atomic E-state index is 0.0375. The van der Waals surface area contributed by atoms with E-state index in [1.54, 1.807) is 6.92 Å². The van der Waals surface area contributed by atoms with Crippen molar-refractivity contribution in [3.05, 3.63) is 107 Å². The highest BCUT2D eigenvalue weighted by Crippen LogP contribution is 2.27. The topological polar surface area (TPSA) is 44.3 Å². The molecule has 0 aliphatic heterocycles. The minimum Gasteiger partial charge on any atom is -0.393 e. The van der Waals surface area contributed by atoms with Crippen LogP contribution in [0.2, 0.25) is 5.02 Å². The van der Waals surface area contributed by atoms with Crippen molar-refractivity contribution in [2.75, 3.05) is 24.2 Å². The van der Waals surface area contributed by atoms with E-state index in [0.29, 0.717) is 0 Å². The molecule has 0 spiro atoms. The van der Waals surface area contributed by atoms with E-state index in [0.717, 1.165) is 42.9 Å². The first kappa shape index (κ1) is 35.3. The van der Waals surface area contributed by atoms with Crippen LogP contribution in [0.3, 0.4) is 0 Å². The van der Waals surface area contributed by atoms with Crippen LogP contribution >= 0.6 is 11.6 Å². The van der Waals surface area contributed by atoms with Gasteiger partial charge in [0, 0.05) is 35.4 Å². The molecule has 3 nitrogen and oxygen atoms in total. The number of hydrogen-bond acceptors (Lipinski definition) is 3. The highest BCUT2D eigenvalue weighted by molar-refractivity contribution is 6.30. The molecular weight excluding hydrogens is 512 g/mol. The highest BCUT2D eigenvalue weighted by Gasteiger charge is 2.20. The summed E-state index contributed by atoms with van der Waals surface area (Å²) < 4.78 is 0. The first-order valence-electron chi connectivity index (χ1n) is 14.8. The van der Waals surface area contributed by atoms with Gasteiger partial charge in [-0.15, -0.1) is 6.58 Å². The lowest BCUT2D eigenvalue weighted by atomic mass is 9.84. The monoisotopic (exact) mass is 564 g/mol. The zero-order chi connectivity index (χ0) is 30.0. The van der Waals surface area contributed by atoms with Gasteiger partial charge in [-0.25, -0.2) is 0 Å². The molecule has 0 radical (unpaired) electrons. The number of halogens is 1. The second kappa shape index (κ2) is 19.3. The molecule has 3 N–H and O–H groups in total. The molecule has 3 aromatic rings. The fourth-order valence-electron chi connectivity index (χ4n) is 4.04. The van der Waals surface area contributed by atoms with Crippen LogP contribution in [-0.2, 0) is 24.7 Å². The van der Waals surface area contributed by atoms with E-state index in [2.05, 4.69) is 106 Å². The Balaban J connectivity index is 0.000000395. The third-order valence-corrected chi connectivity index (χ3v) is 6.95. The third-order valence-electron chi connectivity index (χ3n) is 6.69. The number of anilines is 2. The van der Waals surface area contributed by atoms with Crippen molar-refractivity contribution >= 4 is 23.0 Å². The molecular formula is C36H53ClN2O. The summed E-state index contributed by atoms with van der Waals surface area (Å²) in [5, 5.41) is 16.8. The van der Waals surface area contributed by atoms with Gasteiger partial charge in [0.05, 0.1) is 6.10 Å². The number of rotatable bonds is 12. The number of aryl methyl sites for hydroxylation is 1. The van der Waals surface area contributed by atoms with Crippen LogP contribution in [0.5, 0.6) is 0 Å². The summed E-state index contributed by atoms with van der Waals surface area (Å²) in [4.78, 5) is 0. The number of hydrogen-bond donors (Lipinski definition) is 3. The van der Waals surface area contributed by atoms with Crippen molar-refractivity contribution < 1.29 is 5.11 Å². The maximum Gasteiger partial charge on any atom is 0.0552 e. The molecule has 0 aliphatic carbocycles. The van der Waals surface area contributed by atoms with Crippen LogP contribution in [0.15, 0.2) is 79.4 Å². The van der Waals surface area contributed by atoms with Gasteiger partial charge in [0.1, 0.15) is 0 Å². The van der Waals surface area contributed by atoms with Crippen LogP contribution in [0.25, 0.3) is 0 Å². The van der Waals surface area contributed by atoms with E-state index >= 15 is 0 Å². The van der Waals surface area contributed by atoms with Crippen LogP contribution in [0, 0.1) is 0 Å². The second-order valence-electron chi connectivity index (χ2n) is 11.0. The zero-order valence-electron chi connectivity index (χ0n) is 26.0. The lowest BCUT2D eigenvalue weighted by Gasteiger charge is -2.27. The van der Waals surface area contributed by atoms with Crippen molar-refractivity contribution in [1.82, 2.24) is 0 Å². The first-order chi connectivity index (χ1) is 19.1. The van der Waals surface area contributed by atoms with Crippen molar-refractivity contribution in [2.24, 2.45) is 0 Å². The minimum atomic E-state index is -0.259. The van der Waals surface area contributed by atoms with E-state index in [-0.39, 0.29) is 11.5 Å². The van der Waals surface area contributed by atoms with Crippen molar-refractivity contribution in [2.45, 2.75) is 91.6 Å². The smallest absolute Gasteiger partial charge is 0.0552 e. The average molecular weight is 565 g/mol. The molecule has 0 aromatic heterocycles. The fraction of sp³-hybridized carbons (Fsp3) is 0.444. The normalized spacial score (nSPS) is 11.3. The van der Waals surface area contributed by atoms with Crippen molar-refractivity contribution in [3.63, 3.8) is 0 Å². The van der Waals surface area contributed by atoms with Gasteiger partial charge in [-0.2, -0.15) is 0 Å². The summed E-state index contributed by atoms with van der Waals surface area (Å²) in [6, 6.07) is 23.0. The van der Waals surface area contributed by atoms with Gasteiger partial charge in [-0.3, -0.25) is 0 Å². The number of aliphatic hydroxyl groups excluding tert-OH is 1. The van der Waals surface area contributed by atoms with Crippen LogP contribution in [-0.4, -0.2) is 24.8 Å². The zero-order valence-corrected chi connectivity index (χ0v) is 26.7. The molecule has 40 heavy (non-hydrogen) atoms. The Morgan fingerprint density at radius 2 is 1.50 bits per heavy atom. The maximum absolute atomic E-state index is 9.16. The Hall–Kier alpha value is -2.75. The van der Waals surface area contributed by atoms with E-state index in [4.69, 9.17) is 16.7 Å². The number of nitrogens with one attached hydrogen (secondary N) is 2. The summed E-state index contributed by atoms with van der Waals surface area (Å²) in [7, 11) is 1.96. The maximum atomic E-state index is 9.16. The molecule has 0 saturated heterocycles. The van der Waals surface area contributed by atoms with Crippen molar-refractivity contribution in [1.29, 1.82) is 0 Å². The second-order valence-corrected chi connectivity index (χ2v) is 11.4. The molecule has 3 aromatic carbocycles. The largest absolute Gasteiger partial charge is 0.393 e. The summed E-state index contributed by atoms with van der Waals surface area (Å²) >= 11 is 6.00. The molecule has 220 valence electrons.